The number of aromatic nitrogens is 3. The summed E-state index contributed by atoms with van der Waals surface area (Å²) in [5.74, 6) is 0. The predicted octanol–water partition coefficient (Wildman–Crippen LogP) is 2.19. The maximum Gasteiger partial charge on any atom is 0.0978 e. The van der Waals surface area contributed by atoms with Crippen molar-refractivity contribution < 1.29 is 0 Å². The van der Waals surface area contributed by atoms with E-state index in [1.807, 2.05) is 24.3 Å². The van der Waals surface area contributed by atoms with Gasteiger partial charge in [0.25, 0.3) is 0 Å². The van der Waals surface area contributed by atoms with Crippen LogP contribution in [0, 0.1) is 0 Å². The highest BCUT2D eigenvalue weighted by Gasteiger charge is 2.02. The Morgan fingerprint density at radius 3 is 2.62 bits per heavy atom. The van der Waals surface area contributed by atoms with Crippen LogP contribution in [0.15, 0.2) is 36.5 Å². The van der Waals surface area contributed by atoms with Crippen LogP contribution in [0.3, 0.4) is 0 Å². The highest BCUT2D eigenvalue weighted by molar-refractivity contribution is 6.33. The van der Waals surface area contributed by atoms with Crippen LogP contribution < -0.4 is 0 Å². The van der Waals surface area contributed by atoms with Gasteiger partial charge >= 0.3 is 0 Å². The molecule has 0 bridgehead atoms. The van der Waals surface area contributed by atoms with Gasteiger partial charge in [-0.2, -0.15) is 0 Å². The van der Waals surface area contributed by atoms with Gasteiger partial charge in [0.15, 0.2) is 0 Å². The molecule has 0 unspecified atom stereocenters. The first-order valence-corrected chi connectivity index (χ1v) is 4.15. The van der Waals surface area contributed by atoms with Crippen LogP contribution in [-0.2, 0) is 0 Å². The van der Waals surface area contributed by atoms with Gasteiger partial charge in [-0.1, -0.05) is 29.8 Å². The topological polar surface area (TPSA) is 38.7 Å². The highest BCUT2D eigenvalue weighted by Crippen LogP contribution is 2.24. The zero-order valence-electron chi connectivity index (χ0n) is 6.68. The third-order valence-corrected chi connectivity index (χ3v) is 1.98. The third kappa shape index (κ3) is 1.65. The molecule has 0 aliphatic rings. The van der Waals surface area contributed by atoms with E-state index in [1.165, 1.54) is 0 Å². The van der Waals surface area contributed by atoms with Crippen molar-refractivity contribution in [1.82, 2.24) is 15.4 Å². The maximum absolute atomic E-state index is 5.97. The van der Waals surface area contributed by atoms with Crippen LogP contribution in [0.2, 0.25) is 5.02 Å². The fourth-order valence-corrected chi connectivity index (χ4v) is 1.29. The summed E-state index contributed by atoms with van der Waals surface area (Å²) in [7, 11) is 0. The molecule has 0 aliphatic carbocycles. The Bertz CT molecular complexity index is 403. The molecule has 1 aromatic carbocycles. The van der Waals surface area contributed by atoms with Crippen LogP contribution in [0.1, 0.15) is 0 Å². The van der Waals surface area contributed by atoms with Crippen LogP contribution in [-0.4, -0.2) is 15.4 Å². The standard InChI is InChI=1S/C9H6ClN3/c10-8-4-2-1-3-7(8)9-5-6-11-13-12-9/h1-6H. The second-order valence-electron chi connectivity index (χ2n) is 2.49. The molecule has 0 radical (unpaired) electrons. The summed E-state index contributed by atoms with van der Waals surface area (Å²) in [4.78, 5) is 0. The van der Waals surface area contributed by atoms with E-state index in [1.54, 1.807) is 12.3 Å². The van der Waals surface area contributed by atoms with Crippen LogP contribution >= 0.6 is 11.6 Å². The van der Waals surface area contributed by atoms with E-state index in [0.717, 1.165) is 11.3 Å². The van der Waals surface area contributed by atoms with E-state index in [0.29, 0.717) is 5.02 Å². The summed E-state index contributed by atoms with van der Waals surface area (Å²) in [6.07, 6.45) is 1.59. The molecule has 0 saturated carbocycles. The monoisotopic (exact) mass is 191 g/mol. The third-order valence-electron chi connectivity index (χ3n) is 1.65. The molecular formula is C9H6ClN3. The van der Waals surface area contributed by atoms with Gasteiger partial charge in [0.1, 0.15) is 0 Å². The Balaban J connectivity index is 2.54. The molecule has 0 fully saturated rings. The summed E-state index contributed by atoms with van der Waals surface area (Å²) < 4.78 is 0. The lowest BCUT2D eigenvalue weighted by Crippen LogP contribution is -1.89. The zero-order valence-corrected chi connectivity index (χ0v) is 7.44. The minimum Gasteiger partial charge on any atom is -0.139 e. The summed E-state index contributed by atoms with van der Waals surface area (Å²) >= 11 is 5.97. The summed E-state index contributed by atoms with van der Waals surface area (Å²) in [6, 6.07) is 9.27. The molecule has 2 rings (SSSR count). The molecular weight excluding hydrogens is 186 g/mol. The molecule has 3 nitrogen and oxygen atoms in total. The van der Waals surface area contributed by atoms with Crippen molar-refractivity contribution in [3.05, 3.63) is 41.6 Å². The average Bonchev–Trinajstić information content (AvgIpc) is 2.20. The number of nitrogens with zero attached hydrogens (tertiary/aromatic N) is 3. The molecule has 0 spiro atoms. The van der Waals surface area contributed by atoms with Crippen molar-refractivity contribution in [2.24, 2.45) is 0 Å². The van der Waals surface area contributed by atoms with Gasteiger partial charge in [-0.25, -0.2) is 0 Å². The number of hydrogen-bond acceptors (Lipinski definition) is 3. The number of hydrogen-bond donors (Lipinski definition) is 0. The summed E-state index contributed by atoms with van der Waals surface area (Å²) in [6.45, 7) is 0. The number of halogens is 1. The van der Waals surface area contributed by atoms with Crippen molar-refractivity contribution >= 4 is 11.6 Å². The summed E-state index contributed by atoms with van der Waals surface area (Å²) in [5, 5.41) is 11.7. The van der Waals surface area contributed by atoms with Crippen molar-refractivity contribution in [2.45, 2.75) is 0 Å². The van der Waals surface area contributed by atoms with Gasteiger partial charge in [-0.3, -0.25) is 0 Å². The highest BCUT2D eigenvalue weighted by atomic mass is 35.5. The Morgan fingerprint density at radius 2 is 1.92 bits per heavy atom. The Labute approximate surface area is 80.4 Å². The van der Waals surface area contributed by atoms with Gasteiger partial charge in [-0.15, -0.1) is 10.2 Å². The normalized spacial score (nSPS) is 9.92. The summed E-state index contributed by atoms with van der Waals surface area (Å²) in [5.41, 5.74) is 1.61. The minimum absolute atomic E-state index is 0.669. The fraction of sp³-hybridized carbons (Fsp3) is 0. The Morgan fingerprint density at radius 1 is 1.08 bits per heavy atom. The molecule has 0 atom stereocenters. The Hall–Kier alpha value is -1.48. The largest absolute Gasteiger partial charge is 0.139 e. The molecule has 2 aromatic rings. The van der Waals surface area contributed by atoms with E-state index in [4.69, 9.17) is 11.6 Å². The maximum atomic E-state index is 5.97. The smallest absolute Gasteiger partial charge is 0.0978 e. The van der Waals surface area contributed by atoms with Crippen LogP contribution in [0.25, 0.3) is 11.3 Å². The first kappa shape index (κ1) is 8.13. The molecule has 1 aromatic heterocycles. The minimum atomic E-state index is 0.669. The first-order chi connectivity index (χ1) is 6.38. The van der Waals surface area contributed by atoms with E-state index in [-0.39, 0.29) is 0 Å². The van der Waals surface area contributed by atoms with E-state index < -0.39 is 0 Å². The first-order valence-electron chi connectivity index (χ1n) is 3.77. The van der Waals surface area contributed by atoms with E-state index >= 15 is 0 Å². The van der Waals surface area contributed by atoms with Gasteiger partial charge in [0.2, 0.25) is 0 Å². The lowest BCUT2D eigenvalue weighted by molar-refractivity contribution is 0.870. The molecule has 64 valence electrons. The molecule has 0 N–H and O–H groups in total. The molecule has 0 amide bonds. The SMILES string of the molecule is Clc1ccccc1-c1ccnnn1. The zero-order chi connectivity index (χ0) is 9.10. The van der Waals surface area contributed by atoms with E-state index in [2.05, 4.69) is 15.4 Å². The predicted molar refractivity (Wildman–Crippen MR) is 50.3 cm³/mol. The van der Waals surface area contributed by atoms with Crippen molar-refractivity contribution in [2.75, 3.05) is 0 Å². The van der Waals surface area contributed by atoms with Gasteiger partial charge in [0.05, 0.1) is 16.9 Å². The van der Waals surface area contributed by atoms with Crippen molar-refractivity contribution in [3.8, 4) is 11.3 Å². The van der Waals surface area contributed by atoms with Crippen LogP contribution in [0.4, 0.5) is 0 Å². The number of rotatable bonds is 1. The van der Waals surface area contributed by atoms with Gasteiger partial charge < -0.3 is 0 Å². The fourth-order valence-electron chi connectivity index (χ4n) is 1.05. The van der Waals surface area contributed by atoms with E-state index in [9.17, 15) is 0 Å². The molecule has 13 heavy (non-hydrogen) atoms. The quantitative estimate of drug-likeness (QED) is 0.694. The molecule has 4 heteroatoms. The van der Waals surface area contributed by atoms with Crippen molar-refractivity contribution in [1.29, 1.82) is 0 Å². The lowest BCUT2D eigenvalue weighted by atomic mass is 10.1. The second kappa shape index (κ2) is 3.49. The van der Waals surface area contributed by atoms with Crippen LogP contribution in [0.5, 0.6) is 0 Å². The Kier molecular flexibility index (Phi) is 2.19. The second-order valence-corrected chi connectivity index (χ2v) is 2.89. The number of benzene rings is 1. The van der Waals surface area contributed by atoms with Gasteiger partial charge in [-0.05, 0) is 17.3 Å². The molecule has 1 heterocycles. The molecule has 0 saturated heterocycles. The van der Waals surface area contributed by atoms with Crippen molar-refractivity contribution in [3.63, 3.8) is 0 Å². The lowest BCUT2D eigenvalue weighted by Gasteiger charge is -1.99. The molecule has 0 aliphatic heterocycles. The van der Waals surface area contributed by atoms with Gasteiger partial charge in [0, 0.05) is 5.56 Å². The average molecular weight is 192 g/mol.